The van der Waals surface area contributed by atoms with Gasteiger partial charge in [0, 0.05) is 24.6 Å². The highest BCUT2D eigenvalue weighted by Gasteiger charge is 2.07. The van der Waals surface area contributed by atoms with E-state index >= 15 is 0 Å². The summed E-state index contributed by atoms with van der Waals surface area (Å²) < 4.78 is 23.5. The largest absolute Gasteiger partial charge is 0.493 e. The third-order valence-corrected chi connectivity index (χ3v) is 2.92. The minimum atomic E-state index is -0.354. The maximum absolute atomic E-state index is 12.2. The molecule has 0 atom stereocenters. The second-order valence-electron chi connectivity index (χ2n) is 5.53. The molecule has 120 valence electrons. The van der Waals surface area contributed by atoms with E-state index in [1.54, 1.807) is 0 Å². The number of rotatable bonds is 11. The molecule has 0 aromatic heterocycles. The Morgan fingerprint density at radius 2 is 2.00 bits per heavy atom. The van der Waals surface area contributed by atoms with Crippen molar-refractivity contribution in [1.29, 1.82) is 0 Å². The summed E-state index contributed by atoms with van der Waals surface area (Å²) >= 11 is 0. The van der Waals surface area contributed by atoms with E-state index in [-0.39, 0.29) is 6.67 Å². The molecule has 1 aromatic rings. The van der Waals surface area contributed by atoms with Crippen LogP contribution in [-0.4, -0.2) is 26.4 Å². The van der Waals surface area contributed by atoms with Gasteiger partial charge >= 0.3 is 0 Å². The first kappa shape index (κ1) is 17.8. The Morgan fingerprint density at radius 1 is 1.19 bits per heavy atom. The fourth-order valence-electron chi connectivity index (χ4n) is 1.86. The van der Waals surface area contributed by atoms with Gasteiger partial charge in [0.05, 0.1) is 19.9 Å². The summed E-state index contributed by atoms with van der Waals surface area (Å²) in [4.78, 5) is 0. The maximum atomic E-state index is 12.2. The lowest BCUT2D eigenvalue weighted by atomic mass is 10.1. The highest BCUT2D eigenvalue weighted by atomic mass is 19.1. The molecule has 0 fully saturated rings. The molecule has 0 amide bonds. The van der Waals surface area contributed by atoms with Crippen molar-refractivity contribution in [2.24, 2.45) is 5.92 Å². The number of hydrogen-bond donors (Lipinski definition) is 1. The van der Waals surface area contributed by atoms with E-state index in [1.165, 1.54) is 0 Å². The van der Waals surface area contributed by atoms with Crippen molar-refractivity contribution < 1.29 is 13.9 Å². The number of nitrogens with one attached hydrogen (secondary N) is 1. The Bertz CT molecular complexity index is 396. The van der Waals surface area contributed by atoms with E-state index in [1.807, 2.05) is 18.2 Å². The van der Waals surface area contributed by atoms with Crippen LogP contribution in [0.3, 0.4) is 0 Å². The van der Waals surface area contributed by atoms with Gasteiger partial charge in [-0.2, -0.15) is 0 Å². The number of benzene rings is 1. The van der Waals surface area contributed by atoms with Crippen molar-refractivity contribution >= 4 is 0 Å². The third kappa shape index (κ3) is 7.32. The van der Waals surface area contributed by atoms with E-state index in [9.17, 15) is 4.39 Å². The average molecular weight is 297 g/mol. The van der Waals surface area contributed by atoms with Gasteiger partial charge in [0.25, 0.3) is 0 Å². The predicted octanol–water partition coefficient (Wildman–Crippen LogP) is 3.96. The topological polar surface area (TPSA) is 30.5 Å². The normalized spacial score (nSPS) is 10.9. The monoisotopic (exact) mass is 297 g/mol. The van der Waals surface area contributed by atoms with Crippen LogP contribution in [0.2, 0.25) is 0 Å². The number of halogens is 1. The van der Waals surface area contributed by atoms with Gasteiger partial charge in [0.1, 0.15) is 11.5 Å². The number of hydrogen-bond acceptors (Lipinski definition) is 3. The predicted molar refractivity (Wildman–Crippen MR) is 84.9 cm³/mol. The lowest BCUT2D eigenvalue weighted by Crippen LogP contribution is -2.19. The summed E-state index contributed by atoms with van der Waals surface area (Å²) in [6.45, 7) is 8.85. The summed E-state index contributed by atoms with van der Waals surface area (Å²) in [6.07, 6.45) is 1.38. The molecule has 0 saturated heterocycles. The van der Waals surface area contributed by atoms with E-state index in [4.69, 9.17) is 9.47 Å². The van der Waals surface area contributed by atoms with E-state index in [0.29, 0.717) is 25.6 Å². The second-order valence-corrected chi connectivity index (χ2v) is 5.53. The van der Waals surface area contributed by atoms with Crippen molar-refractivity contribution in [3.8, 4) is 11.5 Å². The Hall–Kier alpha value is -1.29. The SMILES string of the molecule is CCCOc1ccc(CNCC(C)C)c(OCCCF)c1. The Kier molecular flexibility index (Phi) is 8.83. The Balaban J connectivity index is 2.68. The average Bonchev–Trinajstić information content (AvgIpc) is 2.46. The first-order valence-electron chi connectivity index (χ1n) is 7.82. The van der Waals surface area contributed by atoms with Gasteiger partial charge in [0.15, 0.2) is 0 Å². The molecule has 0 aliphatic rings. The van der Waals surface area contributed by atoms with Crippen molar-refractivity contribution in [3.05, 3.63) is 23.8 Å². The van der Waals surface area contributed by atoms with Crippen LogP contribution in [-0.2, 0) is 6.54 Å². The first-order chi connectivity index (χ1) is 10.2. The lowest BCUT2D eigenvalue weighted by molar-refractivity contribution is 0.281. The highest BCUT2D eigenvalue weighted by molar-refractivity contribution is 5.40. The molecule has 0 unspecified atom stereocenters. The molecule has 1 N–H and O–H groups in total. The molecule has 0 bridgehead atoms. The molecule has 0 heterocycles. The number of alkyl halides is 1. The van der Waals surface area contributed by atoms with Gasteiger partial charge in [-0.3, -0.25) is 4.39 Å². The molecular formula is C17H28FNO2. The van der Waals surface area contributed by atoms with Crippen molar-refractivity contribution in [3.63, 3.8) is 0 Å². The van der Waals surface area contributed by atoms with Gasteiger partial charge in [-0.15, -0.1) is 0 Å². The lowest BCUT2D eigenvalue weighted by Gasteiger charge is -2.15. The van der Waals surface area contributed by atoms with Crippen LogP contribution in [0.25, 0.3) is 0 Å². The molecule has 0 saturated carbocycles. The summed E-state index contributed by atoms with van der Waals surface area (Å²) in [5.41, 5.74) is 1.08. The van der Waals surface area contributed by atoms with Crippen LogP contribution >= 0.6 is 0 Å². The van der Waals surface area contributed by atoms with Gasteiger partial charge in [-0.05, 0) is 24.9 Å². The van der Waals surface area contributed by atoms with Crippen molar-refractivity contribution in [1.82, 2.24) is 5.32 Å². The molecule has 4 heteroatoms. The zero-order valence-electron chi connectivity index (χ0n) is 13.5. The highest BCUT2D eigenvalue weighted by Crippen LogP contribution is 2.25. The molecular weight excluding hydrogens is 269 g/mol. The van der Waals surface area contributed by atoms with Crippen LogP contribution in [0, 0.1) is 5.92 Å². The van der Waals surface area contributed by atoms with Crippen LogP contribution in [0.5, 0.6) is 11.5 Å². The van der Waals surface area contributed by atoms with Gasteiger partial charge in [-0.25, -0.2) is 0 Å². The third-order valence-electron chi connectivity index (χ3n) is 2.92. The minimum absolute atomic E-state index is 0.354. The molecule has 0 spiro atoms. The molecule has 1 aromatic carbocycles. The standard InChI is InChI=1S/C17H28FNO2/c1-4-9-20-16-7-6-15(13-19-12-14(2)3)17(11-16)21-10-5-8-18/h6-7,11,14,19H,4-5,8-10,12-13H2,1-3H3. The zero-order valence-corrected chi connectivity index (χ0v) is 13.5. The summed E-state index contributed by atoms with van der Waals surface area (Å²) in [5, 5.41) is 3.40. The van der Waals surface area contributed by atoms with Crippen LogP contribution in [0.1, 0.15) is 39.2 Å². The molecule has 3 nitrogen and oxygen atoms in total. The smallest absolute Gasteiger partial charge is 0.127 e. The quantitative estimate of drug-likeness (QED) is 0.627. The fraction of sp³-hybridized carbons (Fsp3) is 0.647. The second kappa shape index (κ2) is 10.4. The van der Waals surface area contributed by atoms with Crippen LogP contribution in [0.4, 0.5) is 4.39 Å². The van der Waals surface area contributed by atoms with E-state index in [2.05, 4.69) is 26.1 Å². The Morgan fingerprint density at radius 3 is 2.67 bits per heavy atom. The molecule has 0 aliphatic carbocycles. The van der Waals surface area contributed by atoms with Crippen molar-refractivity contribution in [2.75, 3.05) is 26.4 Å². The van der Waals surface area contributed by atoms with Crippen molar-refractivity contribution in [2.45, 2.75) is 40.2 Å². The molecule has 21 heavy (non-hydrogen) atoms. The van der Waals surface area contributed by atoms with Gasteiger partial charge in [-0.1, -0.05) is 26.8 Å². The van der Waals surface area contributed by atoms with Gasteiger partial charge < -0.3 is 14.8 Å². The zero-order chi connectivity index (χ0) is 15.5. The molecule has 1 rings (SSSR count). The maximum Gasteiger partial charge on any atom is 0.127 e. The van der Waals surface area contributed by atoms with Crippen LogP contribution in [0.15, 0.2) is 18.2 Å². The van der Waals surface area contributed by atoms with E-state index < -0.39 is 0 Å². The number of ether oxygens (including phenoxy) is 2. The fourth-order valence-corrected chi connectivity index (χ4v) is 1.86. The summed E-state index contributed by atoms with van der Waals surface area (Å²) in [6, 6.07) is 5.88. The van der Waals surface area contributed by atoms with Gasteiger partial charge in [0.2, 0.25) is 0 Å². The molecule has 0 radical (unpaired) electrons. The first-order valence-corrected chi connectivity index (χ1v) is 7.82. The van der Waals surface area contributed by atoms with E-state index in [0.717, 1.165) is 36.6 Å². The summed E-state index contributed by atoms with van der Waals surface area (Å²) in [7, 11) is 0. The summed E-state index contributed by atoms with van der Waals surface area (Å²) in [5.74, 6) is 2.20. The minimum Gasteiger partial charge on any atom is -0.493 e. The van der Waals surface area contributed by atoms with Crippen LogP contribution < -0.4 is 14.8 Å². The Labute approximate surface area is 127 Å². The molecule has 0 aliphatic heterocycles.